The summed E-state index contributed by atoms with van der Waals surface area (Å²) in [5.74, 6) is 0. The van der Waals surface area contributed by atoms with Crippen LogP contribution in [0.25, 0.3) is 0 Å². The van der Waals surface area contributed by atoms with Gasteiger partial charge in [-0.1, -0.05) is 13.3 Å². The quantitative estimate of drug-likeness (QED) is 0.553. The zero-order chi connectivity index (χ0) is 8.10. The lowest BCUT2D eigenvalue weighted by Crippen LogP contribution is -1.92. The lowest BCUT2D eigenvalue weighted by atomic mass is 10.2. The maximum Gasteiger partial charge on any atom is 0.328 e. The highest BCUT2D eigenvalue weighted by Crippen LogP contribution is 2.05. The fourth-order valence-electron chi connectivity index (χ4n) is 0.815. The fourth-order valence-corrected chi connectivity index (χ4v) is 0.903. The first-order valence-corrected chi connectivity index (χ1v) is 3.86. The van der Waals surface area contributed by atoms with E-state index < -0.39 is 0 Å². The summed E-state index contributed by atoms with van der Waals surface area (Å²) in [5, 5.41) is 0. The maximum absolute atomic E-state index is 4.57. The van der Waals surface area contributed by atoms with Crippen molar-refractivity contribution in [2.24, 2.45) is 0 Å². The second-order valence-corrected chi connectivity index (χ2v) is 2.35. The van der Waals surface area contributed by atoms with Crippen molar-refractivity contribution in [1.82, 2.24) is 9.97 Å². The van der Waals surface area contributed by atoms with Crippen LogP contribution < -0.4 is 4.18 Å². The number of thiol groups is 1. The van der Waals surface area contributed by atoms with Gasteiger partial charge < -0.3 is 4.18 Å². The third kappa shape index (κ3) is 2.38. The van der Waals surface area contributed by atoms with Crippen molar-refractivity contribution in [2.75, 3.05) is 0 Å². The Hall–Kier alpha value is -0.770. The second kappa shape index (κ2) is 4.18. The predicted octanol–water partition coefficient (Wildman–Crippen LogP) is 1.65. The van der Waals surface area contributed by atoms with Crippen LogP contribution in [0.1, 0.15) is 19.0 Å². The van der Waals surface area contributed by atoms with Gasteiger partial charge in [0.1, 0.15) is 0 Å². The molecule has 0 atom stereocenters. The van der Waals surface area contributed by atoms with Crippen LogP contribution in [0.4, 0.5) is 0 Å². The van der Waals surface area contributed by atoms with E-state index in [4.69, 9.17) is 0 Å². The Morgan fingerprint density at radius 2 is 2.45 bits per heavy atom. The molecule has 0 bridgehead atoms. The zero-order valence-electron chi connectivity index (χ0n) is 6.32. The molecule has 0 amide bonds. The van der Waals surface area contributed by atoms with Gasteiger partial charge in [0.2, 0.25) is 0 Å². The largest absolute Gasteiger partial charge is 0.392 e. The van der Waals surface area contributed by atoms with E-state index in [0.29, 0.717) is 6.01 Å². The first-order chi connectivity index (χ1) is 5.36. The van der Waals surface area contributed by atoms with Crippen molar-refractivity contribution in [3.8, 4) is 6.01 Å². The second-order valence-electron chi connectivity index (χ2n) is 2.17. The van der Waals surface area contributed by atoms with E-state index in [1.54, 1.807) is 6.20 Å². The van der Waals surface area contributed by atoms with Gasteiger partial charge in [-0.25, -0.2) is 4.98 Å². The van der Waals surface area contributed by atoms with Crippen LogP contribution in [-0.2, 0) is 6.42 Å². The van der Waals surface area contributed by atoms with Crippen LogP contribution in [0.2, 0.25) is 0 Å². The number of hydrogen-bond donors (Lipinski definition) is 1. The van der Waals surface area contributed by atoms with E-state index in [1.165, 1.54) is 0 Å². The van der Waals surface area contributed by atoms with Crippen molar-refractivity contribution >= 4 is 12.9 Å². The molecular formula is C7H10N2OS. The molecule has 0 radical (unpaired) electrons. The molecule has 1 heterocycles. The van der Waals surface area contributed by atoms with Crippen molar-refractivity contribution in [3.05, 3.63) is 18.0 Å². The van der Waals surface area contributed by atoms with Crippen molar-refractivity contribution < 1.29 is 4.18 Å². The van der Waals surface area contributed by atoms with E-state index >= 15 is 0 Å². The highest BCUT2D eigenvalue weighted by molar-refractivity contribution is 7.75. The molecule has 0 spiro atoms. The molecule has 1 aromatic rings. The Morgan fingerprint density at radius 3 is 3.09 bits per heavy atom. The summed E-state index contributed by atoms with van der Waals surface area (Å²) in [6, 6.07) is 2.19. The van der Waals surface area contributed by atoms with Gasteiger partial charge in [-0.05, 0) is 12.5 Å². The fraction of sp³-hybridized carbons (Fsp3) is 0.429. The molecule has 4 heteroatoms. The van der Waals surface area contributed by atoms with Crippen LogP contribution in [0.5, 0.6) is 6.01 Å². The summed E-state index contributed by atoms with van der Waals surface area (Å²) in [6.07, 6.45) is 3.69. The molecule has 0 aliphatic heterocycles. The molecule has 0 N–H and O–H groups in total. The predicted molar refractivity (Wildman–Crippen MR) is 45.6 cm³/mol. The molecule has 3 nitrogen and oxygen atoms in total. The molecule has 0 fully saturated rings. The number of hydrogen-bond acceptors (Lipinski definition) is 4. The Morgan fingerprint density at radius 1 is 1.64 bits per heavy atom. The van der Waals surface area contributed by atoms with Gasteiger partial charge in [0.15, 0.2) is 0 Å². The van der Waals surface area contributed by atoms with Gasteiger partial charge in [0, 0.05) is 24.8 Å². The molecule has 1 rings (SSSR count). The lowest BCUT2D eigenvalue weighted by Gasteiger charge is -1.98. The molecule has 0 aromatic carbocycles. The van der Waals surface area contributed by atoms with E-state index in [2.05, 4.69) is 34.0 Å². The van der Waals surface area contributed by atoms with E-state index in [1.807, 2.05) is 6.07 Å². The molecule has 0 saturated heterocycles. The van der Waals surface area contributed by atoms with Crippen LogP contribution in [0, 0.1) is 0 Å². The summed E-state index contributed by atoms with van der Waals surface area (Å²) < 4.78 is 4.57. The zero-order valence-corrected chi connectivity index (χ0v) is 7.21. The normalized spacial score (nSPS) is 9.64. The highest BCUT2D eigenvalue weighted by atomic mass is 32.1. The van der Waals surface area contributed by atoms with E-state index in [-0.39, 0.29) is 0 Å². The molecule has 0 unspecified atom stereocenters. The van der Waals surface area contributed by atoms with Gasteiger partial charge in [0.25, 0.3) is 0 Å². The standard InChI is InChI=1S/C7H10N2OS/c1-2-3-6-4-5-8-7(9-6)10-11/h4-5,11H,2-3H2,1H3. The van der Waals surface area contributed by atoms with Crippen LogP contribution in [0.3, 0.4) is 0 Å². The Labute approximate surface area is 71.4 Å². The summed E-state index contributed by atoms with van der Waals surface area (Å²) in [6.45, 7) is 2.10. The van der Waals surface area contributed by atoms with E-state index in [9.17, 15) is 0 Å². The number of nitrogens with zero attached hydrogens (tertiary/aromatic N) is 2. The van der Waals surface area contributed by atoms with Gasteiger partial charge in [-0.2, -0.15) is 4.98 Å². The first kappa shape index (κ1) is 8.33. The number of rotatable bonds is 3. The minimum Gasteiger partial charge on any atom is -0.392 e. The lowest BCUT2D eigenvalue weighted by molar-refractivity contribution is 0.587. The Balaban J connectivity index is 2.74. The number of aryl methyl sites for hydroxylation is 1. The molecule has 0 aliphatic carbocycles. The van der Waals surface area contributed by atoms with Gasteiger partial charge >= 0.3 is 6.01 Å². The summed E-state index contributed by atoms with van der Waals surface area (Å²) in [7, 11) is 0. The van der Waals surface area contributed by atoms with E-state index in [0.717, 1.165) is 18.5 Å². The third-order valence-electron chi connectivity index (χ3n) is 1.28. The highest BCUT2D eigenvalue weighted by Gasteiger charge is 1.96. The Kier molecular flexibility index (Phi) is 3.16. The monoisotopic (exact) mass is 170 g/mol. The van der Waals surface area contributed by atoms with Crippen LogP contribution in [-0.4, -0.2) is 9.97 Å². The smallest absolute Gasteiger partial charge is 0.328 e. The molecule has 0 aliphatic rings. The third-order valence-corrected chi connectivity index (χ3v) is 1.44. The molecule has 11 heavy (non-hydrogen) atoms. The van der Waals surface area contributed by atoms with Crippen LogP contribution in [0.15, 0.2) is 12.3 Å². The van der Waals surface area contributed by atoms with Crippen molar-refractivity contribution in [1.29, 1.82) is 0 Å². The minimum absolute atomic E-state index is 0.319. The maximum atomic E-state index is 4.57. The molecule has 60 valence electrons. The Bertz CT molecular complexity index is 229. The summed E-state index contributed by atoms with van der Waals surface area (Å²) >= 11 is 3.60. The topological polar surface area (TPSA) is 35.0 Å². The van der Waals surface area contributed by atoms with Gasteiger partial charge in [-0.3, -0.25) is 0 Å². The van der Waals surface area contributed by atoms with Gasteiger partial charge in [0.05, 0.1) is 0 Å². The summed E-state index contributed by atoms with van der Waals surface area (Å²) in [4.78, 5) is 7.90. The van der Waals surface area contributed by atoms with Gasteiger partial charge in [-0.15, -0.1) is 0 Å². The van der Waals surface area contributed by atoms with Crippen molar-refractivity contribution in [2.45, 2.75) is 19.8 Å². The average Bonchev–Trinajstić information content (AvgIpc) is 2.06. The molecule has 1 aromatic heterocycles. The van der Waals surface area contributed by atoms with Crippen molar-refractivity contribution in [3.63, 3.8) is 0 Å². The number of aromatic nitrogens is 2. The first-order valence-electron chi connectivity index (χ1n) is 3.50. The summed E-state index contributed by atoms with van der Waals surface area (Å²) in [5.41, 5.74) is 0.992. The molecular weight excluding hydrogens is 160 g/mol. The minimum atomic E-state index is 0.319. The average molecular weight is 170 g/mol. The SMILES string of the molecule is CCCc1ccnc(OS)n1. The molecule has 0 saturated carbocycles. The van der Waals surface area contributed by atoms with Crippen LogP contribution >= 0.6 is 12.9 Å².